The molecule has 0 fully saturated rings. The standard InChI is InChI=1S/C39H40N2/c1-5-39(6-2)27-34-21-20-33(26-38(34)41(39,4)28(3)40)31-18-13-19-32(22-31)37-24-35(29-14-9-7-10-15-29)23-36(25-37)30-16-11-8-12-17-30/h7-26,28,40H,5-6,27H2,1-4H3. The zero-order chi connectivity index (χ0) is 28.6. The van der Waals surface area contributed by atoms with Gasteiger partial charge in [0.25, 0.3) is 0 Å². The molecule has 2 unspecified atom stereocenters. The van der Waals surface area contributed by atoms with Crippen molar-refractivity contribution in [1.82, 2.24) is 4.48 Å². The van der Waals surface area contributed by atoms with Crippen LogP contribution in [-0.2, 0) is 6.42 Å². The van der Waals surface area contributed by atoms with Gasteiger partial charge in [-0.2, -0.15) is 0 Å². The molecule has 0 saturated carbocycles. The van der Waals surface area contributed by atoms with Gasteiger partial charge in [0.1, 0.15) is 11.2 Å². The van der Waals surface area contributed by atoms with Crippen LogP contribution in [0.1, 0.15) is 39.2 Å². The molecule has 0 amide bonds. The maximum Gasteiger partial charge on any atom is 0.136 e. The summed E-state index contributed by atoms with van der Waals surface area (Å²) < 4.78 is 0.683. The molecular weight excluding hydrogens is 496 g/mol. The van der Waals surface area contributed by atoms with E-state index in [9.17, 15) is 0 Å². The molecule has 1 aliphatic heterocycles. The maximum absolute atomic E-state index is 8.94. The van der Waals surface area contributed by atoms with E-state index in [1.165, 1.54) is 55.8 Å². The molecule has 0 bridgehead atoms. The van der Waals surface area contributed by atoms with E-state index in [0.717, 1.165) is 19.3 Å². The Labute approximate surface area is 245 Å². The highest BCUT2D eigenvalue weighted by molar-refractivity contribution is 5.83. The highest BCUT2D eigenvalue weighted by atomic mass is 15.5. The lowest BCUT2D eigenvalue weighted by Crippen LogP contribution is -2.64. The molecule has 41 heavy (non-hydrogen) atoms. The largest absolute Gasteiger partial charge is 0.625 e. The van der Waals surface area contributed by atoms with Crippen LogP contribution in [0, 0.1) is 0 Å². The number of nitrogens with one attached hydrogen (secondary N) is 1. The molecule has 0 saturated heterocycles. The molecule has 5 aromatic rings. The second kappa shape index (κ2) is 10.8. The monoisotopic (exact) mass is 536 g/mol. The zero-order valence-electron chi connectivity index (χ0n) is 24.7. The average molecular weight is 537 g/mol. The number of hydrogen-bond acceptors (Lipinski definition) is 0. The van der Waals surface area contributed by atoms with E-state index in [-0.39, 0.29) is 11.7 Å². The first-order valence-electron chi connectivity index (χ1n) is 15.0. The van der Waals surface area contributed by atoms with Crippen molar-refractivity contribution in [2.45, 2.75) is 51.7 Å². The van der Waals surface area contributed by atoms with Crippen LogP contribution >= 0.6 is 0 Å². The van der Waals surface area contributed by atoms with Crippen molar-refractivity contribution >= 4 is 5.69 Å². The van der Waals surface area contributed by atoms with Gasteiger partial charge in [-0.25, -0.2) is 0 Å². The molecule has 0 radical (unpaired) electrons. The first kappa shape index (κ1) is 27.2. The molecule has 2 heteroatoms. The summed E-state index contributed by atoms with van der Waals surface area (Å²) in [6.45, 7) is 6.66. The second-order valence-corrected chi connectivity index (χ2v) is 11.8. The third-order valence-corrected chi connectivity index (χ3v) is 9.86. The van der Waals surface area contributed by atoms with Crippen LogP contribution in [0.25, 0.3) is 50.2 Å². The van der Waals surface area contributed by atoms with Gasteiger partial charge in [0.2, 0.25) is 0 Å². The highest BCUT2D eigenvalue weighted by Crippen LogP contribution is 2.50. The zero-order valence-corrected chi connectivity index (χ0v) is 24.7. The first-order chi connectivity index (χ1) is 19.9. The number of benzene rings is 5. The molecular formula is C39H40N2. The summed E-state index contributed by atoms with van der Waals surface area (Å²) in [6.07, 6.45) is 2.97. The van der Waals surface area contributed by atoms with Crippen LogP contribution in [0.3, 0.4) is 0 Å². The SMILES string of the molecule is CCC1(CC)Cc2ccc(-c3cccc(-c4cc(-c5ccccc5)cc(-c5ccccc5)c4)c3)cc2[N+]1(C)C(C)[NH-]. The van der Waals surface area contributed by atoms with Crippen molar-refractivity contribution < 1.29 is 0 Å². The summed E-state index contributed by atoms with van der Waals surface area (Å²) in [5.74, 6) is 0. The maximum atomic E-state index is 8.94. The summed E-state index contributed by atoms with van der Waals surface area (Å²) in [6, 6.07) is 44.2. The molecule has 0 spiro atoms. The van der Waals surface area contributed by atoms with E-state index in [0.29, 0.717) is 4.48 Å². The molecule has 2 nitrogen and oxygen atoms in total. The summed E-state index contributed by atoms with van der Waals surface area (Å²) in [5, 5.41) is 0. The summed E-state index contributed by atoms with van der Waals surface area (Å²) >= 11 is 0. The molecule has 6 rings (SSSR count). The molecule has 5 aromatic carbocycles. The van der Waals surface area contributed by atoms with E-state index in [4.69, 9.17) is 5.73 Å². The predicted molar refractivity (Wildman–Crippen MR) is 177 cm³/mol. The van der Waals surface area contributed by atoms with Crippen LogP contribution in [0.15, 0.2) is 121 Å². The van der Waals surface area contributed by atoms with Gasteiger partial charge < -0.3 is 10.2 Å². The van der Waals surface area contributed by atoms with E-state index in [1.807, 2.05) is 0 Å². The van der Waals surface area contributed by atoms with Crippen LogP contribution in [0.2, 0.25) is 0 Å². The van der Waals surface area contributed by atoms with E-state index in [2.05, 4.69) is 149 Å². The van der Waals surface area contributed by atoms with Crippen LogP contribution in [0.5, 0.6) is 0 Å². The molecule has 2 atom stereocenters. The number of fused-ring (bicyclic) bond motifs is 1. The summed E-state index contributed by atoms with van der Waals surface area (Å²) in [7, 11) is 2.29. The Morgan fingerprint density at radius 3 is 1.54 bits per heavy atom. The van der Waals surface area contributed by atoms with Crippen molar-refractivity contribution in [2.75, 3.05) is 7.05 Å². The average Bonchev–Trinajstić information content (AvgIpc) is 3.30. The van der Waals surface area contributed by atoms with Crippen LogP contribution in [0.4, 0.5) is 5.69 Å². The third-order valence-electron chi connectivity index (χ3n) is 9.86. The van der Waals surface area contributed by atoms with Crippen LogP contribution in [-0.4, -0.2) is 18.8 Å². The Kier molecular flexibility index (Phi) is 7.15. The number of nitrogens with zero attached hydrogens (tertiary/aromatic N) is 1. The Morgan fingerprint density at radius 2 is 1.02 bits per heavy atom. The van der Waals surface area contributed by atoms with Gasteiger partial charge in [-0.3, -0.25) is 0 Å². The number of likely N-dealkylation sites (N-methyl/N-ethyl adjacent to an activating group) is 1. The fourth-order valence-corrected chi connectivity index (χ4v) is 7.14. The van der Waals surface area contributed by atoms with Gasteiger partial charge in [-0.05, 0) is 75.7 Å². The predicted octanol–water partition coefficient (Wildman–Crippen LogP) is 10.8. The van der Waals surface area contributed by atoms with Gasteiger partial charge in [0.05, 0.1) is 7.05 Å². The molecule has 1 heterocycles. The van der Waals surface area contributed by atoms with Gasteiger partial charge >= 0.3 is 0 Å². The Balaban J connectivity index is 1.45. The van der Waals surface area contributed by atoms with Gasteiger partial charge in [0, 0.05) is 37.1 Å². The molecule has 0 aliphatic carbocycles. The highest BCUT2D eigenvalue weighted by Gasteiger charge is 2.53. The molecule has 0 aromatic heterocycles. The fraction of sp³-hybridized carbons (Fsp3) is 0.231. The smallest absolute Gasteiger partial charge is 0.136 e. The number of quaternary nitrogens is 1. The summed E-state index contributed by atoms with van der Waals surface area (Å²) in [5.41, 5.74) is 21.5. The van der Waals surface area contributed by atoms with Crippen molar-refractivity contribution in [2.24, 2.45) is 0 Å². The lowest BCUT2D eigenvalue weighted by atomic mass is 9.86. The van der Waals surface area contributed by atoms with Crippen molar-refractivity contribution in [3.63, 3.8) is 0 Å². The lowest BCUT2D eigenvalue weighted by molar-refractivity contribution is 0.112. The topological polar surface area (TPSA) is 23.8 Å². The summed E-state index contributed by atoms with van der Waals surface area (Å²) in [4.78, 5) is 0. The number of rotatable bonds is 7. The first-order valence-corrected chi connectivity index (χ1v) is 15.0. The van der Waals surface area contributed by atoms with E-state index < -0.39 is 0 Å². The Bertz CT molecular complexity index is 1610. The molecule has 206 valence electrons. The van der Waals surface area contributed by atoms with Crippen molar-refractivity contribution in [3.05, 3.63) is 133 Å². The minimum Gasteiger partial charge on any atom is -0.625 e. The Morgan fingerprint density at radius 1 is 0.585 bits per heavy atom. The third kappa shape index (κ3) is 4.62. The van der Waals surface area contributed by atoms with Gasteiger partial charge in [0.15, 0.2) is 0 Å². The Hall–Kier alpha value is -3.98. The van der Waals surface area contributed by atoms with Crippen molar-refractivity contribution in [3.8, 4) is 44.5 Å². The van der Waals surface area contributed by atoms with Crippen molar-refractivity contribution in [1.29, 1.82) is 0 Å². The van der Waals surface area contributed by atoms with E-state index >= 15 is 0 Å². The van der Waals surface area contributed by atoms with E-state index in [1.54, 1.807) is 0 Å². The fourth-order valence-electron chi connectivity index (χ4n) is 7.14. The van der Waals surface area contributed by atoms with Gasteiger partial charge in [-0.15, -0.1) is 0 Å². The second-order valence-electron chi connectivity index (χ2n) is 11.8. The minimum absolute atomic E-state index is 0.0791. The molecule has 1 aliphatic rings. The normalized spacial score (nSPS) is 18.2. The minimum atomic E-state index is -0.227. The number of hydrogen-bond donors (Lipinski definition) is 0. The quantitative estimate of drug-likeness (QED) is 0.185. The lowest BCUT2D eigenvalue weighted by Gasteiger charge is -2.52. The van der Waals surface area contributed by atoms with Gasteiger partial charge in [-0.1, -0.05) is 105 Å². The van der Waals surface area contributed by atoms with Crippen LogP contribution < -0.4 is 4.48 Å². The molecule has 1 N–H and O–H groups in total.